The fourth-order valence-electron chi connectivity index (χ4n) is 2.78. The molecule has 1 heterocycles. The van der Waals surface area contributed by atoms with Gasteiger partial charge in [0.1, 0.15) is 0 Å². The molecule has 0 aromatic heterocycles. The molecule has 1 aliphatic heterocycles. The molecule has 6 heteroatoms. The van der Waals surface area contributed by atoms with E-state index >= 15 is 0 Å². The third-order valence-corrected chi connectivity index (χ3v) is 4.99. The second-order valence-corrected chi connectivity index (χ2v) is 7.38. The molecule has 3 unspecified atom stereocenters. The zero-order valence-corrected chi connectivity index (χ0v) is 15.0. The summed E-state index contributed by atoms with van der Waals surface area (Å²) in [7, 11) is 0. The van der Waals surface area contributed by atoms with Crippen molar-refractivity contribution >= 4 is 29.1 Å². The Bertz CT molecular complexity index is 551. The van der Waals surface area contributed by atoms with Crippen LogP contribution >= 0.6 is 23.2 Å². The van der Waals surface area contributed by atoms with Crippen molar-refractivity contribution in [2.45, 2.75) is 38.8 Å². The summed E-state index contributed by atoms with van der Waals surface area (Å²) in [5.41, 5.74) is 1.04. The van der Waals surface area contributed by atoms with Gasteiger partial charge in [0.05, 0.1) is 12.1 Å². The third-order valence-electron chi connectivity index (χ3n) is 4.40. The molecule has 0 spiro atoms. The summed E-state index contributed by atoms with van der Waals surface area (Å²) >= 11 is 12.2. The Morgan fingerprint density at radius 1 is 1.43 bits per heavy atom. The molecule has 23 heavy (non-hydrogen) atoms. The maximum absolute atomic E-state index is 12.2. The SMILES string of the molecule is CC(C)C(CNC(=O)C1CC(O)CN1)Cc1ccc(Cl)cc1Cl. The fourth-order valence-corrected chi connectivity index (χ4v) is 3.27. The van der Waals surface area contributed by atoms with E-state index in [0.29, 0.717) is 35.5 Å². The van der Waals surface area contributed by atoms with E-state index < -0.39 is 6.10 Å². The van der Waals surface area contributed by atoms with E-state index in [0.717, 1.165) is 12.0 Å². The Labute approximate surface area is 147 Å². The molecule has 0 bridgehead atoms. The largest absolute Gasteiger partial charge is 0.392 e. The number of hydrogen-bond acceptors (Lipinski definition) is 3. The lowest BCUT2D eigenvalue weighted by molar-refractivity contribution is -0.123. The molecule has 1 fully saturated rings. The molecule has 1 aliphatic rings. The number of nitrogens with one attached hydrogen (secondary N) is 2. The molecule has 1 amide bonds. The highest BCUT2D eigenvalue weighted by molar-refractivity contribution is 6.35. The monoisotopic (exact) mass is 358 g/mol. The Morgan fingerprint density at radius 3 is 2.74 bits per heavy atom. The first kappa shape index (κ1) is 18.5. The van der Waals surface area contributed by atoms with Crippen molar-refractivity contribution in [3.05, 3.63) is 33.8 Å². The topological polar surface area (TPSA) is 61.4 Å². The van der Waals surface area contributed by atoms with Crippen LogP contribution in [-0.2, 0) is 11.2 Å². The maximum Gasteiger partial charge on any atom is 0.237 e. The van der Waals surface area contributed by atoms with E-state index in [9.17, 15) is 9.90 Å². The number of β-amino-alcohol motifs (C(OH)–C–C–N with tert-alkyl or cyclic N) is 1. The Balaban J connectivity index is 1.92. The molecule has 1 aromatic rings. The van der Waals surface area contributed by atoms with Gasteiger partial charge in [-0.15, -0.1) is 0 Å². The van der Waals surface area contributed by atoms with Crippen LogP contribution in [0.1, 0.15) is 25.8 Å². The Kier molecular flexibility index (Phi) is 6.72. The quantitative estimate of drug-likeness (QED) is 0.732. The Morgan fingerprint density at radius 2 is 2.17 bits per heavy atom. The van der Waals surface area contributed by atoms with Crippen molar-refractivity contribution in [1.29, 1.82) is 0 Å². The highest BCUT2D eigenvalue weighted by atomic mass is 35.5. The van der Waals surface area contributed by atoms with Gasteiger partial charge in [0.15, 0.2) is 0 Å². The summed E-state index contributed by atoms with van der Waals surface area (Å²) in [6, 6.07) is 5.23. The van der Waals surface area contributed by atoms with Gasteiger partial charge < -0.3 is 15.7 Å². The van der Waals surface area contributed by atoms with Crippen LogP contribution < -0.4 is 10.6 Å². The summed E-state index contributed by atoms with van der Waals surface area (Å²) < 4.78 is 0. The number of amides is 1. The molecule has 2 rings (SSSR count). The van der Waals surface area contributed by atoms with Gasteiger partial charge in [0.25, 0.3) is 0 Å². The molecule has 0 saturated carbocycles. The number of aliphatic hydroxyl groups is 1. The molecule has 4 nitrogen and oxygen atoms in total. The van der Waals surface area contributed by atoms with Gasteiger partial charge in [-0.3, -0.25) is 4.79 Å². The van der Waals surface area contributed by atoms with Gasteiger partial charge in [0.2, 0.25) is 5.91 Å². The highest BCUT2D eigenvalue weighted by Crippen LogP contribution is 2.25. The minimum Gasteiger partial charge on any atom is -0.392 e. The minimum atomic E-state index is -0.431. The van der Waals surface area contributed by atoms with Crippen LogP contribution in [0.2, 0.25) is 10.0 Å². The first-order valence-corrected chi connectivity index (χ1v) is 8.75. The lowest BCUT2D eigenvalue weighted by Gasteiger charge is -2.23. The number of carbonyl (C=O) groups excluding carboxylic acids is 1. The van der Waals surface area contributed by atoms with Crippen molar-refractivity contribution in [1.82, 2.24) is 10.6 Å². The van der Waals surface area contributed by atoms with Crippen molar-refractivity contribution in [2.75, 3.05) is 13.1 Å². The standard InChI is InChI=1S/C17H24Cl2N2O2/c1-10(2)12(5-11-3-4-13(18)6-15(11)19)8-21-17(23)16-7-14(22)9-20-16/h3-4,6,10,12,14,16,20,22H,5,7-9H2,1-2H3,(H,21,23). The van der Waals surface area contributed by atoms with E-state index in [1.165, 1.54) is 0 Å². The van der Waals surface area contributed by atoms with Crippen LogP contribution in [0, 0.1) is 11.8 Å². The van der Waals surface area contributed by atoms with Crippen LogP contribution in [0.4, 0.5) is 0 Å². The smallest absolute Gasteiger partial charge is 0.237 e. The van der Waals surface area contributed by atoms with E-state index in [1.54, 1.807) is 6.07 Å². The van der Waals surface area contributed by atoms with Crippen molar-refractivity contribution < 1.29 is 9.90 Å². The summed E-state index contributed by atoms with van der Waals surface area (Å²) in [6.07, 6.45) is 0.829. The molecule has 3 N–H and O–H groups in total. The summed E-state index contributed by atoms with van der Waals surface area (Å²) in [4.78, 5) is 12.2. The average Bonchev–Trinajstić information content (AvgIpc) is 2.91. The van der Waals surface area contributed by atoms with E-state index in [2.05, 4.69) is 24.5 Å². The number of halogens is 2. The lowest BCUT2D eigenvalue weighted by Crippen LogP contribution is -2.43. The van der Waals surface area contributed by atoms with Gasteiger partial charge in [-0.1, -0.05) is 43.1 Å². The summed E-state index contributed by atoms with van der Waals surface area (Å²) in [5.74, 6) is 0.641. The zero-order valence-electron chi connectivity index (χ0n) is 13.5. The van der Waals surface area contributed by atoms with Crippen LogP contribution in [0.5, 0.6) is 0 Å². The third kappa shape index (κ3) is 5.35. The predicted octanol–water partition coefficient (Wildman–Crippen LogP) is 2.65. The van der Waals surface area contributed by atoms with Crippen LogP contribution in [0.25, 0.3) is 0 Å². The second-order valence-electron chi connectivity index (χ2n) is 6.54. The van der Waals surface area contributed by atoms with Crippen LogP contribution in [-0.4, -0.2) is 36.2 Å². The first-order chi connectivity index (χ1) is 10.9. The van der Waals surface area contributed by atoms with Crippen molar-refractivity contribution in [3.8, 4) is 0 Å². The molecule has 0 aliphatic carbocycles. The normalized spacial score (nSPS) is 22.3. The molecular weight excluding hydrogens is 335 g/mol. The maximum atomic E-state index is 12.2. The highest BCUT2D eigenvalue weighted by Gasteiger charge is 2.28. The van der Waals surface area contributed by atoms with Gasteiger partial charge in [-0.05, 0) is 42.4 Å². The van der Waals surface area contributed by atoms with E-state index in [-0.39, 0.29) is 17.9 Å². The summed E-state index contributed by atoms with van der Waals surface area (Å²) in [5, 5.41) is 16.8. The number of rotatable bonds is 6. The fraction of sp³-hybridized carbons (Fsp3) is 0.588. The second kappa shape index (κ2) is 8.34. The average molecular weight is 359 g/mol. The Hall–Kier alpha value is -0.810. The zero-order chi connectivity index (χ0) is 17.0. The number of carbonyl (C=O) groups is 1. The molecule has 3 atom stereocenters. The van der Waals surface area contributed by atoms with Gasteiger partial charge in [-0.25, -0.2) is 0 Å². The molecule has 1 aromatic carbocycles. The number of benzene rings is 1. The summed E-state index contributed by atoms with van der Waals surface area (Å²) in [6.45, 7) is 5.34. The number of hydrogen-bond donors (Lipinski definition) is 3. The molecule has 128 valence electrons. The molecule has 1 saturated heterocycles. The lowest BCUT2D eigenvalue weighted by atomic mass is 9.89. The van der Waals surface area contributed by atoms with E-state index in [4.69, 9.17) is 23.2 Å². The van der Waals surface area contributed by atoms with Gasteiger partial charge in [0, 0.05) is 23.1 Å². The first-order valence-electron chi connectivity index (χ1n) is 8.00. The van der Waals surface area contributed by atoms with Crippen molar-refractivity contribution in [2.24, 2.45) is 11.8 Å². The van der Waals surface area contributed by atoms with Gasteiger partial charge in [-0.2, -0.15) is 0 Å². The predicted molar refractivity (Wildman–Crippen MR) is 93.9 cm³/mol. The number of aliphatic hydroxyl groups excluding tert-OH is 1. The van der Waals surface area contributed by atoms with E-state index in [1.807, 2.05) is 12.1 Å². The molecular formula is C17H24Cl2N2O2. The van der Waals surface area contributed by atoms with Crippen LogP contribution in [0.3, 0.4) is 0 Å². The van der Waals surface area contributed by atoms with Crippen molar-refractivity contribution in [3.63, 3.8) is 0 Å². The molecule has 0 radical (unpaired) electrons. The van der Waals surface area contributed by atoms with Gasteiger partial charge >= 0.3 is 0 Å². The minimum absolute atomic E-state index is 0.0468. The van der Waals surface area contributed by atoms with Crippen LogP contribution in [0.15, 0.2) is 18.2 Å².